The molecular formula is C13H27NO2Si. The number of hydrogen-bond acceptors (Lipinski definition) is 2. The second kappa shape index (κ2) is 5.10. The van der Waals surface area contributed by atoms with Gasteiger partial charge in [-0.2, -0.15) is 0 Å². The Labute approximate surface area is 107 Å². The normalized spacial score (nSPS) is 22.4. The van der Waals surface area contributed by atoms with Crippen molar-refractivity contribution in [1.29, 1.82) is 0 Å². The summed E-state index contributed by atoms with van der Waals surface area (Å²) in [5, 5.41) is 1.85. The first-order valence-electron chi connectivity index (χ1n) is 6.70. The number of hydroxylamine groups is 2. The molecule has 0 bridgehead atoms. The molecule has 0 saturated carbocycles. The van der Waals surface area contributed by atoms with Crippen LogP contribution < -0.4 is 0 Å². The minimum atomic E-state index is -1.88. The topological polar surface area (TPSA) is 29.5 Å². The lowest BCUT2D eigenvalue weighted by molar-refractivity contribution is -0.160. The summed E-state index contributed by atoms with van der Waals surface area (Å²) in [6.07, 6.45) is 3.77. The summed E-state index contributed by atoms with van der Waals surface area (Å²) >= 11 is 0. The van der Waals surface area contributed by atoms with Crippen LogP contribution in [0.15, 0.2) is 0 Å². The van der Waals surface area contributed by atoms with E-state index in [0.717, 1.165) is 19.3 Å². The summed E-state index contributed by atoms with van der Waals surface area (Å²) in [6.45, 7) is 13.2. The van der Waals surface area contributed by atoms with Crippen molar-refractivity contribution >= 4 is 14.2 Å². The van der Waals surface area contributed by atoms with Crippen LogP contribution in [0.2, 0.25) is 18.1 Å². The highest BCUT2D eigenvalue weighted by atomic mass is 28.4. The smallest absolute Gasteiger partial charge is 0.245 e. The van der Waals surface area contributed by atoms with Crippen molar-refractivity contribution < 1.29 is 9.32 Å². The van der Waals surface area contributed by atoms with Gasteiger partial charge in [0, 0.05) is 6.42 Å². The Morgan fingerprint density at radius 1 is 1.41 bits per heavy atom. The molecule has 0 aromatic heterocycles. The molecule has 17 heavy (non-hydrogen) atoms. The first-order chi connectivity index (χ1) is 7.69. The molecule has 0 N–H and O–H groups in total. The van der Waals surface area contributed by atoms with Gasteiger partial charge < -0.3 is 4.53 Å². The molecule has 1 atom stereocenters. The van der Waals surface area contributed by atoms with Crippen LogP contribution in [0, 0.1) is 0 Å². The van der Waals surface area contributed by atoms with Gasteiger partial charge in [-0.3, -0.25) is 4.79 Å². The van der Waals surface area contributed by atoms with Gasteiger partial charge in [-0.05, 0) is 31.0 Å². The molecule has 1 fully saturated rings. The van der Waals surface area contributed by atoms with Gasteiger partial charge in [0.05, 0.1) is 6.04 Å². The van der Waals surface area contributed by atoms with Crippen molar-refractivity contribution in [1.82, 2.24) is 5.06 Å². The maximum atomic E-state index is 11.9. The van der Waals surface area contributed by atoms with Crippen molar-refractivity contribution in [3.05, 3.63) is 0 Å². The van der Waals surface area contributed by atoms with E-state index >= 15 is 0 Å². The van der Waals surface area contributed by atoms with Crippen LogP contribution in [0.1, 0.15) is 53.4 Å². The summed E-state index contributed by atoms with van der Waals surface area (Å²) in [5.74, 6) is 0.174. The van der Waals surface area contributed by atoms with Crippen molar-refractivity contribution in [2.24, 2.45) is 0 Å². The first kappa shape index (κ1) is 14.7. The van der Waals surface area contributed by atoms with Gasteiger partial charge in [0.1, 0.15) is 0 Å². The van der Waals surface area contributed by atoms with Gasteiger partial charge >= 0.3 is 0 Å². The molecule has 1 saturated heterocycles. The number of carbonyl (C=O) groups excluding carboxylic acids is 1. The molecule has 1 aliphatic heterocycles. The second-order valence-electron chi connectivity index (χ2n) is 6.55. The Hall–Kier alpha value is -0.353. The highest BCUT2D eigenvalue weighted by molar-refractivity contribution is 6.74. The van der Waals surface area contributed by atoms with Gasteiger partial charge in [0.15, 0.2) is 0 Å². The van der Waals surface area contributed by atoms with Gasteiger partial charge in [-0.15, -0.1) is 0 Å². The van der Waals surface area contributed by atoms with E-state index in [1.807, 2.05) is 0 Å². The zero-order valence-corrected chi connectivity index (χ0v) is 13.2. The molecule has 1 heterocycles. The summed E-state index contributed by atoms with van der Waals surface area (Å²) in [6, 6.07) is 0.307. The van der Waals surface area contributed by atoms with Crippen LogP contribution in [-0.2, 0) is 9.32 Å². The fraction of sp³-hybridized carbons (Fsp3) is 0.923. The van der Waals surface area contributed by atoms with Crippen LogP contribution in [0.4, 0.5) is 0 Å². The van der Waals surface area contributed by atoms with Crippen LogP contribution in [0.3, 0.4) is 0 Å². The molecule has 1 rings (SSSR count). The lowest BCUT2D eigenvalue weighted by Gasteiger charge is -2.40. The summed E-state index contributed by atoms with van der Waals surface area (Å²) < 4.78 is 6.16. The first-order valence-corrected chi connectivity index (χ1v) is 9.61. The number of rotatable bonds is 4. The summed E-state index contributed by atoms with van der Waals surface area (Å²) in [7, 11) is -1.88. The molecular weight excluding hydrogens is 230 g/mol. The van der Waals surface area contributed by atoms with E-state index < -0.39 is 8.32 Å². The second-order valence-corrected chi connectivity index (χ2v) is 11.3. The fourth-order valence-corrected chi connectivity index (χ4v) is 2.84. The number of hydrogen-bond donors (Lipinski definition) is 0. The maximum Gasteiger partial charge on any atom is 0.245 e. The van der Waals surface area contributed by atoms with Crippen LogP contribution in [-0.4, -0.2) is 25.3 Å². The molecule has 3 nitrogen and oxygen atoms in total. The van der Waals surface area contributed by atoms with E-state index in [0.29, 0.717) is 12.5 Å². The Kier molecular flexibility index (Phi) is 4.41. The van der Waals surface area contributed by atoms with Gasteiger partial charge in [-0.1, -0.05) is 34.1 Å². The number of amides is 1. The number of nitrogens with zero attached hydrogens (tertiary/aromatic N) is 1. The van der Waals surface area contributed by atoms with E-state index in [1.54, 1.807) is 5.06 Å². The highest BCUT2D eigenvalue weighted by Crippen LogP contribution is 2.39. The largest absolute Gasteiger partial charge is 0.317 e. The van der Waals surface area contributed by atoms with E-state index in [9.17, 15) is 4.79 Å². The Morgan fingerprint density at radius 2 is 2.00 bits per heavy atom. The third-order valence-electron chi connectivity index (χ3n) is 4.02. The SMILES string of the molecule is CCCC1CCC(=O)N1O[Si](C)(C)C(C)(C)C. The van der Waals surface area contributed by atoms with Gasteiger partial charge in [0.25, 0.3) is 0 Å². The standard InChI is InChI=1S/C13H27NO2Si/c1-7-8-11-9-10-12(15)14(11)16-17(5,6)13(2,3)4/h11H,7-10H2,1-6H3. The molecule has 1 aliphatic rings. The quantitative estimate of drug-likeness (QED) is 0.718. The lowest BCUT2D eigenvalue weighted by Crippen LogP contribution is -2.49. The molecule has 4 heteroatoms. The fourth-order valence-electron chi connectivity index (χ4n) is 1.82. The monoisotopic (exact) mass is 257 g/mol. The predicted molar refractivity (Wildman–Crippen MR) is 73.1 cm³/mol. The molecule has 0 aliphatic carbocycles. The molecule has 0 radical (unpaired) electrons. The van der Waals surface area contributed by atoms with Crippen LogP contribution in [0.25, 0.3) is 0 Å². The zero-order chi connectivity index (χ0) is 13.3. The van der Waals surface area contributed by atoms with E-state index in [2.05, 4.69) is 40.8 Å². The van der Waals surface area contributed by atoms with Crippen LogP contribution >= 0.6 is 0 Å². The lowest BCUT2D eigenvalue weighted by atomic mass is 10.1. The Balaban J connectivity index is 2.74. The average molecular weight is 257 g/mol. The van der Waals surface area contributed by atoms with Crippen molar-refractivity contribution in [3.63, 3.8) is 0 Å². The molecule has 0 aromatic carbocycles. The number of carbonyl (C=O) groups is 1. The van der Waals surface area contributed by atoms with Gasteiger partial charge in [0.2, 0.25) is 14.2 Å². The van der Waals surface area contributed by atoms with Crippen molar-refractivity contribution in [3.8, 4) is 0 Å². The van der Waals surface area contributed by atoms with E-state index in [-0.39, 0.29) is 10.9 Å². The molecule has 1 amide bonds. The third kappa shape index (κ3) is 3.32. The maximum absolute atomic E-state index is 11.9. The molecule has 0 spiro atoms. The van der Waals surface area contributed by atoms with Crippen molar-refractivity contribution in [2.45, 2.75) is 77.6 Å². The Bertz CT molecular complexity index is 284. The van der Waals surface area contributed by atoms with E-state index in [4.69, 9.17) is 4.53 Å². The molecule has 100 valence electrons. The van der Waals surface area contributed by atoms with E-state index in [1.165, 1.54) is 0 Å². The zero-order valence-electron chi connectivity index (χ0n) is 12.2. The van der Waals surface area contributed by atoms with Crippen LogP contribution in [0.5, 0.6) is 0 Å². The minimum absolute atomic E-state index is 0.145. The minimum Gasteiger partial charge on any atom is -0.317 e. The predicted octanol–water partition coefficient (Wildman–Crippen LogP) is 3.71. The van der Waals surface area contributed by atoms with Gasteiger partial charge in [-0.25, -0.2) is 5.06 Å². The third-order valence-corrected chi connectivity index (χ3v) is 8.29. The highest BCUT2D eigenvalue weighted by Gasteiger charge is 2.43. The van der Waals surface area contributed by atoms with Crippen molar-refractivity contribution in [2.75, 3.05) is 0 Å². The summed E-state index contributed by atoms with van der Waals surface area (Å²) in [5.41, 5.74) is 0. The summed E-state index contributed by atoms with van der Waals surface area (Å²) in [4.78, 5) is 11.9. The molecule has 0 aromatic rings. The molecule has 1 unspecified atom stereocenters. The average Bonchev–Trinajstić information content (AvgIpc) is 2.48. The Morgan fingerprint density at radius 3 is 2.47 bits per heavy atom.